The number of aldehydes is 1. The summed E-state index contributed by atoms with van der Waals surface area (Å²) in [6, 6.07) is 2.51. The molecule has 0 aliphatic rings. The van der Waals surface area contributed by atoms with Gasteiger partial charge in [0.15, 0.2) is 12.0 Å². The molecule has 5 nitrogen and oxygen atoms in total. The lowest BCUT2D eigenvalue weighted by Gasteiger charge is -1.94. The maximum atomic E-state index is 11.0. The molecule has 1 N–H and O–H groups in total. The fraction of sp³-hybridized carbons (Fsp3) is 0.167. The predicted octanol–water partition coefficient (Wildman–Crippen LogP) is 0.000200. The molecule has 66 valence electrons. The zero-order valence-corrected chi connectivity index (χ0v) is 7.09. The van der Waals surface area contributed by atoms with Crippen molar-refractivity contribution in [2.24, 2.45) is 0 Å². The molecule has 0 radical (unpaired) electrons. The molecule has 0 atom stereocenters. The van der Waals surface area contributed by atoms with Crippen molar-refractivity contribution in [3.8, 4) is 0 Å². The van der Waals surface area contributed by atoms with Gasteiger partial charge in [-0.3, -0.25) is 4.79 Å². The molecule has 0 amide bonds. The molecule has 1 heterocycles. The molecule has 1 aromatic heterocycles. The van der Waals surface area contributed by atoms with E-state index in [0.717, 1.165) is 0 Å². The highest BCUT2D eigenvalue weighted by Crippen LogP contribution is 2.11. The number of nitrogens with one attached hydrogen (secondary N) is 1. The van der Waals surface area contributed by atoms with Crippen LogP contribution in [0.15, 0.2) is 21.6 Å². The molecule has 0 aliphatic heterocycles. The maximum Gasteiger partial charge on any atom is 0.273 e. The number of rotatable bonds is 3. The molecule has 0 saturated carbocycles. The predicted molar refractivity (Wildman–Crippen MR) is 40.3 cm³/mol. The summed E-state index contributed by atoms with van der Waals surface area (Å²) in [6.07, 6.45) is 0.439. The maximum absolute atomic E-state index is 11.0. The molecule has 0 fully saturated rings. The first kappa shape index (κ1) is 8.95. The third kappa shape index (κ3) is 1.54. The minimum atomic E-state index is -3.56. The van der Waals surface area contributed by atoms with Crippen LogP contribution in [-0.2, 0) is 10.0 Å². The van der Waals surface area contributed by atoms with Gasteiger partial charge < -0.3 is 4.42 Å². The van der Waals surface area contributed by atoms with Gasteiger partial charge in [0.05, 0.1) is 0 Å². The van der Waals surface area contributed by atoms with Crippen LogP contribution >= 0.6 is 0 Å². The van der Waals surface area contributed by atoms with Gasteiger partial charge in [-0.15, -0.1) is 0 Å². The van der Waals surface area contributed by atoms with Crippen molar-refractivity contribution < 1.29 is 17.6 Å². The zero-order valence-electron chi connectivity index (χ0n) is 6.27. The molecule has 0 bridgehead atoms. The first-order valence-corrected chi connectivity index (χ1v) is 4.57. The van der Waals surface area contributed by atoms with Gasteiger partial charge in [0.1, 0.15) is 0 Å². The highest BCUT2D eigenvalue weighted by atomic mass is 32.2. The second kappa shape index (κ2) is 3.08. The topological polar surface area (TPSA) is 76.4 Å². The molecule has 0 spiro atoms. The molecular weight excluding hydrogens is 182 g/mol. The number of hydrogen-bond acceptors (Lipinski definition) is 4. The number of carbonyl (C=O) groups is 1. The summed E-state index contributed by atoms with van der Waals surface area (Å²) in [7, 11) is -2.30. The summed E-state index contributed by atoms with van der Waals surface area (Å²) in [5.41, 5.74) is 0. The number of sulfonamides is 1. The first-order chi connectivity index (χ1) is 5.60. The van der Waals surface area contributed by atoms with E-state index in [-0.39, 0.29) is 10.9 Å². The Hall–Kier alpha value is -1.14. The van der Waals surface area contributed by atoms with Crippen LogP contribution in [-0.4, -0.2) is 21.8 Å². The average Bonchev–Trinajstić information content (AvgIpc) is 2.52. The minimum Gasteiger partial charge on any atom is -0.440 e. The minimum absolute atomic E-state index is 0.0103. The number of hydrogen-bond donors (Lipinski definition) is 1. The molecular formula is C6H7NO4S. The monoisotopic (exact) mass is 189 g/mol. The van der Waals surface area contributed by atoms with Gasteiger partial charge in [-0.05, 0) is 19.2 Å². The van der Waals surface area contributed by atoms with E-state index in [1.165, 1.54) is 19.2 Å². The van der Waals surface area contributed by atoms with E-state index in [9.17, 15) is 13.2 Å². The Morgan fingerprint density at radius 3 is 2.58 bits per heavy atom. The van der Waals surface area contributed by atoms with E-state index in [2.05, 4.69) is 9.14 Å². The number of furan rings is 1. The van der Waals surface area contributed by atoms with Gasteiger partial charge in [-0.1, -0.05) is 0 Å². The SMILES string of the molecule is CNS(=O)(=O)c1ccc(C=O)o1. The van der Waals surface area contributed by atoms with Crippen LogP contribution < -0.4 is 4.72 Å². The van der Waals surface area contributed by atoms with E-state index >= 15 is 0 Å². The Kier molecular flexibility index (Phi) is 2.30. The van der Waals surface area contributed by atoms with Crippen molar-refractivity contribution in [2.45, 2.75) is 5.09 Å². The third-order valence-corrected chi connectivity index (χ3v) is 2.54. The van der Waals surface area contributed by atoms with E-state index in [1.54, 1.807) is 0 Å². The van der Waals surface area contributed by atoms with Crippen LogP contribution in [0.1, 0.15) is 10.6 Å². The van der Waals surface area contributed by atoms with Gasteiger partial charge in [-0.2, -0.15) is 0 Å². The Balaban J connectivity index is 3.13. The highest BCUT2D eigenvalue weighted by molar-refractivity contribution is 7.89. The van der Waals surface area contributed by atoms with Crippen LogP contribution in [0, 0.1) is 0 Å². The molecule has 1 aromatic rings. The lowest BCUT2D eigenvalue weighted by Crippen LogP contribution is -2.17. The summed E-state index contributed by atoms with van der Waals surface area (Å²) in [6.45, 7) is 0. The molecule has 0 unspecified atom stereocenters. The number of carbonyl (C=O) groups excluding carboxylic acids is 1. The highest BCUT2D eigenvalue weighted by Gasteiger charge is 2.15. The second-order valence-corrected chi connectivity index (χ2v) is 3.80. The van der Waals surface area contributed by atoms with Crippen molar-refractivity contribution in [2.75, 3.05) is 7.05 Å². The Bertz CT molecular complexity index is 378. The first-order valence-electron chi connectivity index (χ1n) is 3.08. The van der Waals surface area contributed by atoms with Crippen LogP contribution in [0.25, 0.3) is 0 Å². The molecule has 0 saturated heterocycles. The summed E-state index contributed by atoms with van der Waals surface area (Å²) in [5.74, 6) is -0.0103. The molecule has 12 heavy (non-hydrogen) atoms. The molecule has 1 rings (SSSR count). The van der Waals surface area contributed by atoms with Gasteiger partial charge in [0, 0.05) is 0 Å². The van der Waals surface area contributed by atoms with Gasteiger partial charge >= 0.3 is 0 Å². The summed E-state index contributed by atoms with van der Waals surface area (Å²) >= 11 is 0. The van der Waals surface area contributed by atoms with Gasteiger partial charge in [0.25, 0.3) is 10.0 Å². The standard InChI is InChI=1S/C6H7NO4S/c1-7-12(9,10)6-3-2-5(4-8)11-6/h2-4,7H,1H3. The lowest BCUT2D eigenvalue weighted by atomic mass is 10.5. The van der Waals surface area contributed by atoms with Gasteiger partial charge in [0.2, 0.25) is 5.09 Å². The van der Waals surface area contributed by atoms with Crippen LogP contribution in [0.4, 0.5) is 0 Å². The smallest absolute Gasteiger partial charge is 0.273 e. The summed E-state index contributed by atoms with van der Waals surface area (Å²) in [5, 5.41) is -0.257. The zero-order chi connectivity index (χ0) is 9.19. The molecule has 0 aromatic carbocycles. The van der Waals surface area contributed by atoms with E-state index in [4.69, 9.17) is 0 Å². The van der Waals surface area contributed by atoms with Crippen molar-refractivity contribution >= 4 is 16.3 Å². The van der Waals surface area contributed by atoms with Crippen molar-refractivity contribution in [1.82, 2.24) is 4.72 Å². The Morgan fingerprint density at radius 2 is 2.17 bits per heavy atom. The van der Waals surface area contributed by atoms with Crippen LogP contribution in [0.3, 0.4) is 0 Å². The second-order valence-electron chi connectivity index (χ2n) is 1.98. The van der Waals surface area contributed by atoms with Gasteiger partial charge in [-0.25, -0.2) is 13.1 Å². The van der Waals surface area contributed by atoms with E-state index in [0.29, 0.717) is 6.29 Å². The Labute approximate surface area is 69.4 Å². The fourth-order valence-electron chi connectivity index (χ4n) is 0.643. The molecule has 0 aliphatic carbocycles. The largest absolute Gasteiger partial charge is 0.440 e. The summed E-state index contributed by atoms with van der Waals surface area (Å²) in [4.78, 5) is 10.1. The van der Waals surface area contributed by atoms with E-state index < -0.39 is 10.0 Å². The Morgan fingerprint density at radius 1 is 1.50 bits per heavy atom. The van der Waals surface area contributed by atoms with Crippen molar-refractivity contribution in [3.05, 3.63) is 17.9 Å². The van der Waals surface area contributed by atoms with E-state index in [1.807, 2.05) is 0 Å². The normalized spacial score (nSPS) is 11.4. The van der Waals surface area contributed by atoms with Crippen molar-refractivity contribution in [3.63, 3.8) is 0 Å². The van der Waals surface area contributed by atoms with Crippen molar-refractivity contribution in [1.29, 1.82) is 0 Å². The van der Waals surface area contributed by atoms with Crippen LogP contribution in [0.2, 0.25) is 0 Å². The lowest BCUT2D eigenvalue weighted by molar-refractivity contribution is 0.109. The quantitative estimate of drug-likeness (QED) is 0.679. The average molecular weight is 189 g/mol. The third-order valence-electron chi connectivity index (χ3n) is 1.25. The fourth-order valence-corrected chi connectivity index (χ4v) is 1.30. The summed E-state index contributed by atoms with van der Waals surface area (Å²) < 4.78 is 28.7. The van der Waals surface area contributed by atoms with Crippen LogP contribution in [0.5, 0.6) is 0 Å². The molecule has 6 heteroatoms.